The Morgan fingerprint density at radius 3 is 2.39 bits per heavy atom. The average Bonchev–Trinajstić information content (AvgIpc) is 3.53. The van der Waals surface area contributed by atoms with Crippen LogP contribution in [0.1, 0.15) is 68.6 Å². The fraction of sp³-hybridized carbons (Fsp3) is 0.500. The molecular formula is C32H43N3O6. The Labute approximate surface area is 242 Å². The molecule has 1 aliphatic heterocycles. The van der Waals surface area contributed by atoms with E-state index in [0.29, 0.717) is 11.7 Å². The number of urea groups is 1. The first-order valence-corrected chi connectivity index (χ1v) is 14.6. The van der Waals surface area contributed by atoms with E-state index in [9.17, 15) is 14.7 Å². The van der Waals surface area contributed by atoms with Crippen LogP contribution in [0.4, 0.5) is 10.5 Å². The van der Waals surface area contributed by atoms with Gasteiger partial charge < -0.3 is 30.0 Å². The van der Waals surface area contributed by atoms with Gasteiger partial charge in [0, 0.05) is 36.3 Å². The van der Waals surface area contributed by atoms with E-state index in [0.717, 1.165) is 29.8 Å². The molecule has 4 rings (SSSR count). The van der Waals surface area contributed by atoms with Crippen molar-refractivity contribution in [2.45, 2.75) is 70.7 Å². The molecule has 1 saturated heterocycles. The van der Waals surface area contributed by atoms with Crippen molar-refractivity contribution in [2.75, 3.05) is 31.6 Å². The molecule has 0 aromatic heterocycles. The molecule has 0 spiro atoms. The lowest BCUT2D eigenvalue weighted by Gasteiger charge is -2.43. The minimum absolute atomic E-state index is 0.00511. The topological polar surface area (TPSA) is 109 Å². The molecule has 4 unspecified atom stereocenters. The van der Waals surface area contributed by atoms with Crippen LogP contribution in [0.25, 0.3) is 0 Å². The highest BCUT2D eigenvalue weighted by molar-refractivity contribution is 5.91. The predicted molar refractivity (Wildman–Crippen MR) is 157 cm³/mol. The fourth-order valence-corrected chi connectivity index (χ4v) is 5.63. The number of nitrogens with one attached hydrogen (secondary N) is 2. The van der Waals surface area contributed by atoms with Crippen LogP contribution in [0.15, 0.2) is 61.2 Å². The molecule has 9 nitrogen and oxygen atoms in total. The number of hydrogen-bond acceptors (Lipinski definition) is 7. The SMILES string of the molecule is C=CCN(CC1OC(c2ccc(NC(=O)NCC(=O)OCC)cc2)OC(c2ccc(CO)cc2)C1C)C1CCCC1. The van der Waals surface area contributed by atoms with E-state index in [1.165, 1.54) is 25.7 Å². The number of ether oxygens (including phenoxy) is 3. The van der Waals surface area contributed by atoms with Gasteiger partial charge in [-0.1, -0.05) is 62.2 Å². The van der Waals surface area contributed by atoms with Crippen LogP contribution >= 0.6 is 0 Å². The van der Waals surface area contributed by atoms with Gasteiger partial charge in [0.15, 0.2) is 6.29 Å². The predicted octanol–water partition coefficient (Wildman–Crippen LogP) is 5.09. The number of nitrogens with zero attached hydrogens (tertiary/aromatic N) is 1. The van der Waals surface area contributed by atoms with Gasteiger partial charge in [-0.3, -0.25) is 9.69 Å². The van der Waals surface area contributed by atoms with Crippen LogP contribution in [0.5, 0.6) is 0 Å². The Morgan fingerprint density at radius 2 is 1.76 bits per heavy atom. The van der Waals surface area contributed by atoms with Gasteiger partial charge in [0.25, 0.3) is 0 Å². The summed E-state index contributed by atoms with van der Waals surface area (Å²) in [7, 11) is 0. The van der Waals surface area contributed by atoms with Crippen molar-refractivity contribution < 1.29 is 28.9 Å². The minimum atomic E-state index is -0.598. The van der Waals surface area contributed by atoms with Crippen molar-refractivity contribution in [2.24, 2.45) is 5.92 Å². The van der Waals surface area contributed by atoms with Crippen molar-refractivity contribution in [3.05, 3.63) is 77.9 Å². The minimum Gasteiger partial charge on any atom is -0.465 e. The highest BCUT2D eigenvalue weighted by Crippen LogP contribution is 2.42. The third-order valence-corrected chi connectivity index (χ3v) is 7.88. The highest BCUT2D eigenvalue weighted by Gasteiger charge is 2.40. The van der Waals surface area contributed by atoms with Crippen molar-refractivity contribution in [1.29, 1.82) is 0 Å². The summed E-state index contributed by atoms with van der Waals surface area (Å²) in [6.07, 6.45) is 6.00. The molecule has 0 bridgehead atoms. The van der Waals surface area contributed by atoms with Crippen LogP contribution in [0.3, 0.4) is 0 Å². The quantitative estimate of drug-likeness (QED) is 0.243. The number of rotatable bonds is 12. The van der Waals surface area contributed by atoms with Gasteiger partial charge in [-0.2, -0.15) is 0 Å². The fourth-order valence-electron chi connectivity index (χ4n) is 5.63. The summed E-state index contributed by atoms with van der Waals surface area (Å²) in [5.74, 6) is -0.405. The molecule has 0 radical (unpaired) electrons. The van der Waals surface area contributed by atoms with E-state index in [4.69, 9.17) is 14.2 Å². The zero-order chi connectivity index (χ0) is 29.2. The summed E-state index contributed by atoms with van der Waals surface area (Å²) >= 11 is 0. The summed E-state index contributed by atoms with van der Waals surface area (Å²) in [6.45, 7) is 9.53. The lowest BCUT2D eigenvalue weighted by molar-refractivity contribution is -0.276. The lowest BCUT2D eigenvalue weighted by Crippen LogP contribution is -2.47. The summed E-state index contributed by atoms with van der Waals surface area (Å²) in [4.78, 5) is 26.2. The van der Waals surface area contributed by atoms with Crippen LogP contribution in [0, 0.1) is 5.92 Å². The molecule has 2 amide bonds. The zero-order valence-electron chi connectivity index (χ0n) is 24.1. The molecule has 3 N–H and O–H groups in total. The Bertz CT molecular complexity index is 1130. The summed E-state index contributed by atoms with van der Waals surface area (Å²) < 4.78 is 18.0. The monoisotopic (exact) mass is 565 g/mol. The Morgan fingerprint density at radius 1 is 1.07 bits per heavy atom. The lowest BCUT2D eigenvalue weighted by atomic mass is 9.89. The Balaban J connectivity index is 1.50. The van der Waals surface area contributed by atoms with Crippen LogP contribution in [-0.4, -0.2) is 60.4 Å². The zero-order valence-corrected chi connectivity index (χ0v) is 24.1. The van der Waals surface area contributed by atoms with Crippen molar-refractivity contribution >= 4 is 17.7 Å². The van der Waals surface area contributed by atoms with Gasteiger partial charge in [0.05, 0.1) is 25.4 Å². The number of carbonyl (C=O) groups excluding carboxylic acids is 2. The van der Waals surface area contributed by atoms with Crippen molar-refractivity contribution in [3.8, 4) is 0 Å². The highest BCUT2D eigenvalue weighted by atomic mass is 16.7. The largest absolute Gasteiger partial charge is 0.465 e. The van der Waals surface area contributed by atoms with Gasteiger partial charge in [-0.05, 0) is 43.0 Å². The smallest absolute Gasteiger partial charge is 0.325 e. The molecule has 4 atom stereocenters. The molecule has 1 heterocycles. The van der Waals surface area contributed by atoms with Crippen LogP contribution in [0.2, 0.25) is 0 Å². The first-order valence-electron chi connectivity index (χ1n) is 14.6. The first kappa shape index (κ1) is 30.7. The molecule has 41 heavy (non-hydrogen) atoms. The second-order valence-electron chi connectivity index (χ2n) is 10.7. The Kier molecular flexibility index (Phi) is 11.3. The summed E-state index contributed by atoms with van der Waals surface area (Å²) in [5.41, 5.74) is 3.31. The maximum atomic E-state index is 12.2. The van der Waals surface area contributed by atoms with E-state index >= 15 is 0 Å². The Hall–Kier alpha value is -3.24. The number of hydrogen-bond donors (Lipinski definition) is 3. The van der Waals surface area contributed by atoms with Crippen LogP contribution < -0.4 is 10.6 Å². The van der Waals surface area contributed by atoms with Gasteiger partial charge in [0.2, 0.25) is 0 Å². The molecule has 9 heteroatoms. The van der Waals surface area contributed by atoms with Gasteiger partial charge >= 0.3 is 12.0 Å². The maximum Gasteiger partial charge on any atom is 0.325 e. The van der Waals surface area contributed by atoms with E-state index in [2.05, 4.69) is 29.0 Å². The molecule has 2 aliphatic rings. The first-order chi connectivity index (χ1) is 19.9. The normalized spacial score (nSPS) is 22.8. The molecule has 1 saturated carbocycles. The molecule has 1 aliphatic carbocycles. The number of aliphatic hydroxyl groups is 1. The molecule has 2 aromatic rings. The third kappa shape index (κ3) is 8.39. The van der Waals surface area contributed by atoms with Gasteiger partial charge in [0.1, 0.15) is 6.54 Å². The van der Waals surface area contributed by atoms with E-state index in [1.807, 2.05) is 42.5 Å². The van der Waals surface area contributed by atoms with Crippen molar-refractivity contribution in [1.82, 2.24) is 10.2 Å². The number of carbonyl (C=O) groups is 2. The molecule has 2 fully saturated rings. The van der Waals surface area contributed by atoms with Crippen LogP contribution in [-0.2, 0) is 25.6 Å². The summed E-state index contributed by atoms with van der Waals surface area (Å²) in [6, 6.07) is 15.3. The van der Waals surface area contributed by atoms with Gasteiger partial charge in [-0.25, -0.2) is 4.79 Å². The molecular weight excluding hydrogens is 522 g/mol. The van der Waals surface area contributed by atoms with Crippen molar-refractivity contribution in [3.63, 3.8) is 0 Å². The number of anilines is 1. The molecule has 222 valence electrons. The molecule has 2 aromatic carbocycles. The van der Waals surface area contributed by atoms with E-state index in [-0.39, 0.29) is 37.9 Å². The number of esters is 1. The number of benzene rings is 2. The second-order valence-corrected chi connectivity index (χ2v) is 10.7. The van der Waals surface area contributed by atoms with E-state index < -0.39 is 18.3 Å². The third-order valence-electron chi connectivity index (χ3n) is 7.88. The average molecular weight is 566 g/mol. The van der Waals surface area contributed by atoms with Gasteiger partial charge in [-0.15, -0.1) is 6.58 Å². The number of amides is 2. The number of aliphatic hydroxyl groups excluding tert-OH is 1. The maximum absolute atomic E-state index is 12.2. The second kappa shape index (κ2) is 15.1. The summed E-state index contributed by atoms with van der Waals surface area (Å²) in [5, 5.41) is 14.7. The van der Waals surface area contributed by atoms with E-state index in [1.54, 1.807) is 19.1 Å². The standard InChI is InChI=1S/C32H43N3O6/c1-4-18-35(27-8-6-7-9-27)20-28-22(3)30(24-12-10-23(21-36)11-13-24)41-31(40-28)25-14-16-26(17-15-25)34-32(38)33-19-29(37)39-5-2/h4,10-17,22,27-28,30-31,36H,1,5-9,18-21H2,2-3H3,(H2,33,34,38).